The zero-order valence-corrected chi connectivity index (χ0v) is 19.7. The fourth-order valence-electron chi connectivity index (χ4n) is 3.67. The lowest BCUT2D eigenvalue weighted by molar-refractivity contribution is -0.118. The number of nitrogens with zero attached hydrogens (tertiary/aromatic N) is 4. The monoisotopic (exact) mass is 469 g/mol. The molecule has 5 aromatic rings. The van der Waals surface area contributed by atoms with Crippen LogP contribution in [0.3, 0.4) is 0 Å². The average Bonchev–Trinajstić information content (AvgIpc) is 3.31. The zero-order valence-electron chi connectivity index (χ0n) is 18.9. The number of ether oxygens (including phenoxy) is 1. The third-order valence-corrected chi connectivity index (χ3v) is 6.44. The Bertz CT molecular complexity index is 1460. The van der Waals surface area contributed by atoms with Crippen LogP contribution in [0.1, 0.15) is 11.1 Å². The summed E-state index contributed by atoms with van der Waals surface area (Å²) in [7, 11) is 1.63. The lowest BCUT2D eigenvalue weighted by Gasteiger charge is -2.10. The van der Waals surface area contributed by atoms with Crippen LogP contribution in [-0.4, -0.2) is 38.4 Å². The molecule has 8 heteroatoms. The number of benzene rings is 3. The molecule has 170 valence electrons. The molecule has 0 aliphatic heterocycles. The fourth-order valence-corrected chi connectivity index (χ4v) is 4.44. The zero-order chi connectivity index (χ0) is 23.5. The number of carbonyl (C=O) groups is 1. The van der Waals surface area contributed by atoms with Crippen molar-refractivity contribution in [3.8, 4) is 17.1 Å². The van der Waals surface area contributed by atoms with Crippen LogP contribution in [0.15, 0.2) is 78.0 Å². The van der Waals surface area contributed by atoms with E-state index in [2.05, 4.69) is 34.6 Å². The number of para-hydroxylation sites is 1. The fraction of sp³-hybridized carbons (Fsp3) is 0.154. The number of rotatable bonds is 7. The van der Waals surface area contributed by atoms with Crippen molar-refractivity contribution in [1.29, 1.82) is 0 Å². The molecule has 0 radical (unpaired) electrons. The first-order valence-corrected chi connectivity index (χ1v) is 11.8. The number of hydrogen-bond donors (Lipinski definition) is 1. The molecule has 0 saturated carbocycles. The highest BCUT2D eigenvalue weighted by Gasteiger charge is 2.17. The maximum Gasteiger partial charge on any atom is 0.230 e. The van der Waals surface area contributed by atoms with Crippen molar-refractivity contribution >= 4 is 34.2 Å². The molecule has 5 rings (SSSR count). The summed E-state index contributed by atoms with van der Waals surface area (Å²) in [4.78, 5) is 17.5. The molecule has 0 fully saturated rings. The number of thioether (sulfide) groups is 1. The maximum atomic E-state index is 12.5. The first-order valence-electron chi connectivity index (χ1n) is 10.9. The lowest BCUT2D eigenvalue weighted by Crippen LogP contribution is -2.24. The van der Waals surface area contributed by atoms with Gasteiger partial charge in [0.2, 0.25) is 5.91 Å². The third-order valence-electron chi connectivity index (χ3n) is 5.51. The molecular formula is C26H23N5O2S. The van der Waals surface area contributed by atoms with Crippen molar-refractivity contribution in [2.75, 3.05) is 12.9 Å². The van der Waals surface area contributed by atoms with Crippen LogP contribution in [-0.2, 0) is 11.3 Å². The van der Waals surface area contributed by atoms with Crippen molar-refractivity contribution in [2.24, 2.45) is 0 Å². The van der Waals surface area contributed by atoms with Gasteiger partial charge in [-0.1, -0.05) is 65.9 Å². The van der Waals surface area contributed by atoms with Gasteiger partial charge in [-0.2, -0.15) is 0 Å². The number of aryl methyl sites for hydroxylation is 1. The first kappa shape index (κ1) is 21.9. The molecule has 0 saturated heterocycles. The molecule has 7 nitrogen and oxygen atoms in total. The molecule has 0 unspecified atom stereocenters. The predicted octanol–water partition coefficient (Wildman–Crippen LogP) is 4.67. The SMILES string of the molecule is COc1ccc(CNC(=O)CSc2nnc3c4ccccc4nc(-c4ccc(C)cc4)n23)cc1. The molecule has 0 bridgehead atoms. The molecule has 1 N–H and O–H groups in total. The van der Waals surface area contributed by atoms with Gasteiger partial charge < -0.3 is 10.1 Å². The van der Waals surface area contributed by atoms with Crippen LogP contribution >= 0.6 is 11.8 Å². The van der Waals surface area contributed by atoms with Crippen LogP contribution in [0.5, 0.6) is 5.75 Å². The molecule has 3 aromatic carbocycles. The minimum absolute atomic E-state index is 0.0804. The van der Waals surface area contributed by atoms with Gasteiger partial charge in [-0.05, 0) is 36.8 Å². The summed E-state index contributed by atoms with van der Waals surface area (Å²) in [6, 6.07) is 23.7. The van der Waals surface area contributed by atoms with Crippen LogP contribution in [0.25, 0.3) is 27.9 Å². The summed E-state index contributed by atoms with van der Waals surface area (Å²) in [6.45, 7) is 2.50. The first-order chi connectivity index (χ1) is 16.6. The van der Waals surface area contributed by atoms with Gasteiger partial charge >= 0.3 is 0 Å². The van der Waals surface area contributed by atoms with Gasteiger partial charge in [-0.15, -0.1) is 10.2 Å². The number of carbonyl (C=O) groups excluding carboxylic acids is 1. The minimum Gasteiger partial charge on any atom is -0.497 e. The van der Waals surface area contributed by atoms with Gasteiger partial charge in [-0.3, -0.25) is 9.20 Å². The second-order valence-corrected chi connectivity index (χ2v) is 8.82. The highest BCUT2D eigenvalue weighted by atomic mass is 32.2. The smallest absolute Gasteiger partial charge is 0.230 e. The van der Waals surface area contributed by atoms with Crippen LogP contribution in [0.2, 0.25) is 0 Å². The largest absolute Gasteiger partial charge is 0.497 e. The van der Waals surface area contributed by atoms with Crippen LogP contribution in [0, 0.1) is 6.92 Å². The maximum absolute atomic E-state index is 12.5. The molecule has 0 aliphatic rings. The highest BCUT2D eigenvalue weighted by Crippen LogP contribution is 2.29. The van der Waals surface area contributed by atoms with Crippen molar-refractivity contribution < 1.29 is 9.53 Å². The van der Waals surface area contributed by atoms with E-state index in [1.54, 1.807) is 7.11 Å². The highest BCUT2D eigenvalue weighted by molar-refractivity contribution is 7.99. The van der Waals surface area contributed by atoms with Crippen molar-refractivity contribution in [2.45, 2.75) is 18.6 Å². The normalized spacial score (nSPS) is 11.1. The topological polar surface area (TPSA) is 81.4 Å². The van der Waals surface area contributed by atoms with Crippen molar-refractivity contribution in [1.82, 2.24) is 24.9 Å². The molecular weight excluding hydrogens is 446 g/mol. The Hall–Kier alpha value is -3.91. The molecule has 2 heterocycles. The predicted molar refractivity (Wildman–Crippen MR) is 134 cm³/mol. The molecule has 34 heavy (non-hydrogen) atoms. The van der Waals surface area contributed by atoms with E-state index < -0.39 is 0 Å². The van der Waals surface area contributed by atoms with Crippen molar-refractivity contribution in [3.63, 3.8) is 0 Å². The molecule has 0 spiro atoms. The van der Waals surface area contributed by atoms with Gasteiger partial charge in [0.05, 0.1) is 18.4 Å². The quantitative estimate of drug-likeness (QED) is 0.349. The van der Waals surface area contributed by atoms with Crippen molar-refractivity contribution in [3.05, 3.63) is 83.9 Å². The van der Waals surface area contributed by atoms with Gasteiger partial charge in [0.1, 0.15) is 11.6 Å². The van der Waals surface area contributed by atoms with Gasteiger partial charge in [0.15, 0.2) is 10.8 Å². The Morgan fingerprint density at radius 3 is 2.53 bits per heavy atom. The van der Waals surface area contributed by atoms with Gasteiger partial charge in [0.25, 0.3) is 0 Å². The Labute approximate surface area is 201 Å². The number of amides is 1. The van der Waals surface area contributed by atoms with E-state index >= 15 is 0 Å². The minimum atomic E-state index is -0.0804. The number of hydrogen-bond acceptors (Lipinski definition) is 6. The van der Waals surface area contributed by atoms with E-state index in [9.17, 15) is 4.79 Å². The van der Waals surface area contributed by atoms with Gasteiger partial charge in [-0.25, -0.2) is 4.98 Å². The Morgan fingerprint density at radius 1 is 1.00 bits per heavy atom. The van der Waals surface area contributed by atoms with E-state index in [0.717, 1.165) is 39.3 Å². The summed E-state index contributed by atoms with van der Waals surface area (Å²) in [5.41, 5.74) is 4.72. The summed E-state index contributed by atoms with van der Waals surface area (Å²) in [5.74, 6) is 1.68. The molecule has 0 atom stereocenters. The standard InChI is InChI=1S/C26H23N5O2S/c1-17-7-11-19(12-8-17)24-28-22-6-4-3-5-21(22)25-29-30-26(31(24)25)34-16-23(32)27-15-18-9-13-20(33-2)14-10-18/h3-14H,15-16H2,1-2H3,(H,27,32). The van der Waals surface area contributed by atoms with Crippen LogP contribution in [0.4, 0.5) is 0 Å². The Balaban J connectivity index is 1.40. The number of fused-ring (bicyclic) bond motifs is 3. The van der Waals surface area contributed by atoms with Crippen LogP contribution < -0.4 is 10.1 Å². The summed E-state index contributed by atoms with van der Waals surface area (Å²) in [6.07, 6.45) is 0. The molecule has 0 aliphatic carbocycles. The van der Waals surface area contributed by atoms with E-state index in [4.69, 9.17) is 9.72 Å². The van der Waals surface area contributed by atoms with E-state index in [1.165, 1.54) is 17.3 Å². The molecule has 1 amide bonds. The Kier molecular flexibility index (Phi) is 6.14. The number of methoxy groups -OCH3 is 1. The Morgan fingerprint density at radius 2 is 1.76 bits per heavy atom. The van der Waals surface area contributed by atoms with E-state index in [-0.39, 0.29) is 11.7 Å². The summed E-state index contributed by atoms with van der Waals surface area (Å²) < 4.78 is 7.11. The summed E-state index contributed by atoms with van der Waals surface area (Å²) >= 11 is 1.34. The number of nitrogens with one attached hydrogen (secondary N) is 1. The van der Waals surface area contributed by atoms with Gasteiger partial charge in [0, 0.05) is 17.5 Å². The lowest BCUT2D eigenvalue weighted by atomic mass is 10.1. The third kappa shape index (κ3) is 4.45. The second kappa shape index (κ2) is 9.52. The molecule has 2 aromatic heterocycles. The van der Waals surface area contributed by atoms with E-state index in [0.29, 0.717) is 11.7 Å². The number of aromatic nitrogens is 4. The second-order valence-electron chi connectivity index (χ2n) is 7.87. The average molecular weight is 470 g/mol. The summed E-state index contributed by atoms with van der Waals surface area (Å²) in [5, 5.41) is 13.3. The van der Waals surface area contributed by atoms with E-state index in [1.807, 2.05) is 65.1 Å².